The fourth-order valence-corrected chi connectivity index (χ4v) is 2.56. The molecule has 1 aliphatic rings. The molecule has 0 aliphatic carbocycles. The predicted octanol–water partition coefficient (Wildman–Crippen LogP) is 3.24. The van der Waals surface area contributed by atoms with Gasteiger partial charge in [0.25, 0.3) is 0 Å². The first-order chi connectivity index (χ1) is 10.3. The van der Waals surface area contributed by atoms with Crippen molar-refractivity contribution in [3.8, 4) is 5.75 Å². The Labute approximate surface area is 136 Å². The van der Waals surface area contributed by atoms with Crippen LogP contribution in [-0.4, -0.2) is 26.2 Å². The van der Waals surface area contributed by atoms with Gasteiger partial charge in [-0.05, 0) is 35.9 Å². The van der Waals surface area contributed by atoms with Crippen molar-refractivity contribution in [1.82, 2.24) is 5.32 Å². The van der Waals surface area contributed by atoms with E-state index in [2.05, 4.69) is 34.5 Å². The van der Waals surface area contributed by atoms with Crippen LogP contribution in [0.15, 0.2) is 48.5 Å². The lowest BCUT2D eigenvalue weighted by Gasteiger charge is -2.24. The van der Waals surface area contributed by atoms with Gasteiger partial charge in [-0.2, -0.15) is 0 Å². The lowest BCUT2D eigenvalue weighted by molar-refractivity contribution is 0.323. The molecular formula is C17H20ClFN2O. The molecule has 0 saturated carbocycles. The largest absolute Gasteiger partial charge is 0.492 e. The molecule has 3 rings (SSSR count). The van der Waals surface area contributed by atoms with Gasteiger partial charge in [-0.1, -0.05) is 18.2 Å². The van der Waals surface area contributed by atoms with Gasteiger partial charge in [0.05, 0.1) is 6.54 Å². The number of nitrogens with one attached hydrogen (secondary N) is 1. The van der Waals surface area contributed by atoms with E-state index in [0.29, 0.717) is 12.4 Å². The van der Waals surface area contributed by atoms with E-state index < -0.39 is 0 Å². The number of fused-ring (bicyclic) bond motifs is 1. The Morgan fingerprint density at radius 1 is 1.09 bits per heavy atom. The maximum Gasteiger partial charge on any atom is 0.123 e. The monoisotopic (exact) mass is 322 g/mol. The van der Waals surface area contributed by atoms with E-state index in [-0.39, 0.29) is 18.2 Å². The highest BCUT2D eigenvalue weighted by molar-refractivity contribution is 5.85. The van der Waals surface area contributed by atoms with Crippen LogP contribution in [0.3, 0.4) is 0 Å². The third-order valence-corrected chi connectivity index (χ3v) is 3.65. The van der Waals surface area contributed by atoms with Crippen LogP contribution in [0.25, 0.3) is 0 Å². The van der Waals surface area contributed by atoms with E-state index in [4.69, 9.17) is 4.74 Å². The highest BCUT2D eigenvalue weighted by atomic mass is 35.5. The molecule has 0 aromatic heterocycles. The van der Waals surface area contributed by atoms with Crippen molar-refractivity contribution in [2.24, 2.45) is 0 Å². The highest BCUT2D eigenvalue weighted by Crippen LogP contribution is 2.21. The number of hydrogen-bond donors (Lipinski definition) is 1. The lowest BCUT2D eigenvalue weighted by atomic mass is 10.1. The van der Waals surface area contributed by atoms with E-state index in [0.717, 1.165) is 26.2 Å². The summed E-state index contributed by atoms with van der Waals surface area (Å²) in [5.41, 5.74) is 2.59. The van der Waals surface area contributed by atoms with Gasteiger partial charge in [-0.25, -0.2) is 4.39 Å². The minimum absolute atomic E-state index is 0. The number of anilines is 1. The second-order valence-electron chi connectivity index (χ2n) is 5.09. The summed E-state index contributed by atoms with van der Waals surface area (Å²) in [6.45, 7) is 4.23. The molecular weight excluding hydrogens is 303 g/mol. The molecule has 0 unspecified atom stereocenters. The van der Waals surface area contributed by atoms with Gasteiger partial charge >= 0.3 is 0 Å². The number of halogens is 2. The van der Waals surface area contributed by atoms with Gasteiger partial charge in [0, 0.05) is 25.3 Å². The zero-order valence-corrected chi connectivity index (χ0v) is 13.1. The quantitative estimate of drug-likeness (QED) is 0.935. The topological polar surface area (TPSA) is 24.5 Å². The predicted molar refractivity (Wildman–Crippen MR) is 89.5 cm³/mol. The molecule has 1 aliphatic heterocycles. The molecule has 0 radical (unpaired) electrons. The van der Waals surface area contributed by atoms with E-state index >= 15 is 0 Å². The van der Waals surface area contributed by atoms with Crippen LogP contribution in [0.4, 0.5) is 10.1 Å². The second kappa shape index (κ2) is 8.01. The van der Waals surface area contributed by atoms with Gasteiger partial charge in [0.1, 0.15) is 18.2 Å². The Kier molecular flexibility index (Phi) is 6.04. The van der Waals surface area contributed by atoms with E-state index in [1.807, 2.05) is 0 Å². The van der Waals surface area contributed by atoms with Crippen LogP contribution in [0, 0.1) is 5.82 Å². The number of hydrogen-bond acceptors (Lipinski definition) is 3. The number of para-hydroxylation sites is 1. The molecule has 118 valence electrons. The van der Waals surface area contributed by atoms with Crippen LogP contribution in [0.1, 0.15) is 5.56 Å². The summed E-state index contributed by atoms with van der Waals surface area (Å²) in [6.07, 6.45) is 0. The molecule has 2 aromatic rings. The number of ether oxygens (including phenoxy) is 1. The van der Waals surface area contributed by atoms with Crippen molar-refractivity contribution in [1.29, 1.82) is 0 Å². The third kappa shape index (κ3) is 4.12. The Hall–Kier alpha value is -1.78. The van der Waals surface area contributed by atoms with Crippen molar-refractivity contribution in [2.75, 3.05) is 31.1 Å². The SMILES string of the molecule is Cl.Fc1ccc(OCCN2CCNCc3ccccc32)cc1. The van der Waals surface area contributed by atoms with Gasteiger partial charge in [-0.3, -0.25) is 0 Å². The van der Waals surface area contributed by atoms with Crippen molar-refractivity contribution in [2.45, 2.75) is 6.54 Å². The van der Waals surface area contributed by atoms with E-state index in [1.54, 1.807) is 12.1 Å². The Morgan fingerprint density at radius 2 is 1.86 bits per heavy atom. The average Bonchev–Trinajstić information content (AvgIpc) is 2.72. The second-order valence-corrected chi connectivity index (χ2v) is 5.09. The first-order valence-electron chi connectivity index (χ1n) is 7.25. The first kappa shape index (κ1) is 16.6. The summed E-state index contributed by atoms with van der Waals surface area (Å²) in [7, 11) is 0. The molecule has 1 N–H and O–H groups in total. The minimum Gasteiger partial charge on any atom is -0.492 e. The van der Waals surface area contributed by atoms with Crippen LogP contribution in [-0.2, 0) is 6.54 Å². The summed E-state index contributed by atoms with van der Waals surface area (Å²) in [5.74, 6) is 0.465. The van der Waals surface area contributed by atoms with Crippen LogP contribution < -0.4 is 15.0 Å². The number of rotatable bonds is 4. The summed E-state index contributed by atoms with van der Waals surface area (Å²) in [4.78, 5) is 2.33. The molecule has 0 amide bonds. The lowest BCUT2D eigenvalue weighted by Crippen LogP contribution is -2.32. The van der Waals surface area contributed by atoms with Gasteiger partial charge in [-0.15, -0.1) is 12.4 Å². The Bertz CT molecular complexity index is 591. The molecule has 1 heterocycles. The molecule has 0 spiro atoms. The molecule has 0 fully saturated rings. The standard InChI is InChI=1S/C17H19FN2O.ClH/c18-15-5-7-16(8-6-15)21-12-11-20-10-9-19-13-14-3-1-2-4-17(14)20;/h1-8,19H,9-13H2;1H. The molecule has 2 aromatic carbocycles. The van der Waals surface area contributed by atoms with Crippen LogP contribution in [0.2, 0.25) is 0 Å². The average molecular weight is 323 g/mol. The van der Waals surface area contributed by atoms with Crippen molar-refractivity contribution >= 4 is 18.1 Å². The first-order valence-corrected chi connectivity index (χ1v) is 7.25. The molecule has 3 nitrogen and oxygen atoms in total. The summed E-state index contributed by atoms with van der Waals surface area (Å²) >= 11 is 0. The van der Waals surface area contributed by atoms with Crippen molar-refractivity contribution < 1.29 is 9.13 Å². The van der Waals surface area contributed by atoms with Crippen LogP contribution >= 0.6 is 12.4 Å². The fraction of sp³-hybridized carbons (Fsp3) is 0.294. The molecule has 0 atom stereocenters. The normalized spacial score (nSPS) is 13.8. The zero-order valence-electron chi connectivity index (χ0n) is 12.3. The Balaban J connectivity index is 0.00000176. The van der Waals surface area contributed by atoms with Crippen molar-refractivity contribution in [3.63, 3.8) is 0 Å². The van der Waals surface area contributed by atoms with Gasteiger partial charge < -0.3 is 15.0 Å². The van der Waals surface area contributed by atoms with Crippen LogP contribution in [0.5, 0.6) is 5.75 Å². The maximum atomic E-state index is 12.8. The molecule has 5 heteroatoms. The van der Waals surface area contributed by atoms with E-state index in [9.17, 15) is 4.39 Å². The molecule has 22 heavy (non-hydrogen) atoms. The van der Waals surface area contributed by atoms with Gasteiger partial charge in [0.15, 0.2) is 0 Å². The highest BCUT2D eigenvalue weighted by Gasteiger charge is 2.13. The third-order valence-electron chi connectivity index (χ3n) is 3.65. The van der Waals surface area contributed by atoms with E-state index in [1.165, 1.54) is 23.4 Å². The number of nitrogens with zero attached hydrogens (tertiary/aromatic N) is 1. The smallest absolute Gasteiger partial charge is 0.123 e. The number of benzene rings is 2. The minimum atomic E-state index is -0.241. The molecule has 0 bridgehead atoms. The fourth-order valence-electron chi connectivity index (χ4n) is 2.56. The summed E-state index contributed by atoms with van der Waals surface area (Å²) < 4.78 is 18.5. The Morgan fingerprint density at radius 3 is 2.68 bits per heavy atom. The maximum absolute atomic E-state index is 12.8. The zero-order chi connectivity index (χ0) is 14.5. The summed E-state index contributed by atoms with van der Waals surface area (Å²) in [5, 5.41) is 3.42. The van der Waals surface area contributed by atoms with Gasteiger partial charge in [0.2, 0.25) is 0 Å². The van der Waals surface area contributed by atoms with Crippen molar-refractivity contribution in [3.05, 3.63) is 59.9 Å². The molecule has 0 saturated heterocycles. The summed E-state index contributed by atoms with van der Waals surface area (Å²) in [6, 6.07) is 14.6.